The maximum atomic E-state index is 13.2. The number of para-hydroxylation sites is 2. The van der Waals surface area contributed by atoms with E-state index in [9.17, 15) is 4.79 Å². The minimum absolute atomic E-state index is 0.00659. The first-order chi connectivity index (χ1) is 13.3. The summed E-state index contributed by atoms with van der Waals surface area (Å²) < 4.78 is 1.54. The Bertz CT molecular complexity index is 1070. The van der Waals surface area contributed by atoms with E-state index >= 15 is 0 Å². The number of hydrogen-bond acceptors (Lipinski definition) is 5. The van der Waals surface area contributed by atoms with Crippen LogP contribution < -0.4 is 0 Å². The first kappa shape index (κ1) is 15.7. The van der Waals surface area contributed by atoms with Gasteiger partial charge in [0.15, 0.2) is 0 Å². The molecular formula is C19H17N7O. The van der Waals surface area contributed by atoms with E-state index in [0.29, 0.717) is 5.56 Å². The molecule has 4 aromatic rings. The number of carbonyl (C=O) groups excluding carboxylic acids is 1. The first-order valence-electron chi connectivity index (χ1n) is 8.89. The van der Waals surface area contributed by atoms with Crippen LogP contribution >= 0.6 is 0 Å². The molecule has 1 aliphatic rings. The highest BCUT2D eigenvalue weighted by Gasteiger charge is 2.32. The van der Waals surface area contributed by atoms with Crippen molar-refractivity contribution in [2.45, 2.75) is 18.9 Å². The van der Waals surface area contributed by atoms with Crippen molar-refractivity contribution in [1.29, 1.82) is 0 Å². The van der Waals surface area contributed by atoms with Gasteiger partial charge < -0.3 is 9.88 Å². The first-order valence-corrected chi connectivity index (χ1v) is 8.89. The second-order valence-electron chi connectivity index (χ2n) is 6.60. The third kappa shape index (κ3) is 2.75. The summed E-state index contributed by atoms with van der Waals surface area (Å²) in [4.78, 5) is 23.2. The van der Waals surface area contributed by atoms with Crippen LogP contribution in [-0.4, -0.2) is 47.5 Å². The summed E-state index contributed by atoms with van der Waals surface area (Å²) >= 11 is 0. The molecule has 0 aliphatic carbocycles. The van der Waals surface area contributed by atoms with Crippen LogP contribution in [0, 0.1) is 0 Å². The van der Waals surface area contributed by atoms with Gasteiger partial charge in [-0.15, -0.1) is 5.10 Å². The van der Waals surface area contributed by atoms with Gasteiger partial charge in [0.25, 0.3) is 5.91 Å². The van der Waals surface area contributed by atoms with Gasteiger partial charge in [0, 0.05) is 12.1 Å². The Kier molecular flexibility index (Phi) is 3.67. The second kappa shape index (κ2) is 6.31. The third-order valence-corrected chi connectivity index (χ3v) is 4.94. The lowest BCUT2D eigenvalue weighted by atomic mass is 10.1. The summed E-state index contributed by atoms with van der Waals surface area (Å²) in [6.07, 6.45) is 3.37. The molecule has 1 saturated heterocycles. The number of aromatic nitrogens is 6. The minimum atomic E-state index is -0.0402. The van der Waals surface area contributed by atoms with Gasteiger partial charge in [0.1, 0.15) is 12.2 Å². The number of aromatic amines is 1. The predicted molar refractivity (Wildman–Crippen MR) is 98.3 cm³/mol. The molecule has 2 aromatic carbocycles. The molecule has 0 bridgehead atoms. The number of rotatable bonds is 3. The number of nitrogens with zero attached hydrogens (tertiary/aromatic N) is 6. The average molecular weight is 359 g/mol. The molecule has 134 valence electrons. The van der Waals surface area contributed by atoms with Gasteiger partial charge >= 0.3 is 0 Å². The van der Waals surface area contributed by atoms with Crippen molar-refractivity contribution in [3.63, 3.8) is 0 Å². The molecule has 1 atom stereocenters. The van der Waals surface area contributed by atoms with E-state index in [1.54, 1.807) is 0 Å². The zero-order chi connectivity index (χ0) is 18.2. The van der Waals surface area contributed by atoms with Crippen molar-refractivity contribution in [2.24, 2.45) is 0 Å². The molecule has 3 heterocycles. The Hall–Kier alpha value is -3.55. The van der Waals surface area contributed by atoms with E-state index in [2.05, 4.69) is 20.5 Å². The maximum absolute atomic E-state index is 13.2. The second-order valence-corrected chi connectivity index (χ2v) is 6.60. The van der Waals surface area contributed by atoms with Crippen molar-refractivity contribution in [3.05, 3.63) is 66.2 Å². The van der Waals surface area contributed by atoms with Crippen molar-refractivity contribution in [1.82, 2.24) is 35.1 Å². The van der Waals surface area contributed by atoms with Crippen LogP contribution in [-0.2, 0) is 0 Å². The molecule has 1 aliphatic heterocycles. The largest absolute Gasteiger partial charge is 0.340 e. The molecule has 0 saturated carbocycles. The lowest BCUT2D eigenvalue weighted by molar-refractivity contribution is 0.0730. The Balaban J connectivity index is 1.46. The molecule has 8 heteroatoms. The van der Waals surface area contributed by atoms with Crippen molar-refractivity contribution in [3.8, 4) is 5.69 Å². The third-order valence-electron chi connectivity index (χ3n) is 4.94. The van der Waals surface area contributed by atoms with E-state index in [1.165, 1.54) is 11.0 Å². The monoisotopic (exact) mass is 359 g/mol. The fraction of sp³-hybridized carbons (Fsp3) is 0.211. The molecule has 5 rings (SSSR count). The van der Waals surface area contributed by atoms with Crippen molar-refractivity contribution >= 4 is 16.9 Å². The Morgan fingerprint density at radius 2 is 2.07 bits per heavy atom. The van der Waals surface area contributed by atoms with E-state index in [0.717, 1.165) is 41.9 Å². The van der Waals surface area contributed by atoms with Gasteiger partial charge in [-0.05, 0) is 53.6 Å². The fourth-order valence-electron chi connectivity index (χ4n) is 3.65. The quantitative estimate of drug-likeness (QED) is 0.607. The van der Waals surface area contributed by atoms with E-state index in [1.807, 2.05) is 53.4 Å². The lowest BCUT2D eigenvalue weighted by Gasteiger charge is -2.23. The summed E-state index contributed by atoms with van der Waals surface area (Å²) in [5, 5.41) is 11.2. The predicted octanol–water partition coefficient (Wildman–Crippen LogP) is 2.52. The topological polar surface area (TPSA) is 92.6 Å². The van der Waals surface area contributed by atoms with Crippen LogP contribution in [0.3, 0.4) is 0 Å². The maximum Gasteiger partial charge on any atom is 0.254 e. The number of imidazole rings is 1. The summed E-state index contributed by atoms with van der Waals surface area (Å²) in [5.74, 6) is 0.839. The number of nitrogens with one attached hydrogen (secondary N) is 1. The number of carbonyl (C=O) groups is 1. The number of hydrogen-bond donors (Lipinski definition) is 1. The van der Waals surface area contributed by atoms with Gasteiger partial charge in [0.05, 0.1) is 22.8 Å². The van der Waals surface area contributed by atoms with E-state index in [4.69, 9.17) is 4.98 Å². The highest BCUT2D eigenvalue weighted by Crippen LogP contribution is 2.32. The molecule has 0 spiro atoms. The summed E-state index contributed by atoms with van der Waals surface area (Å²) in [7, 11) is 0. The SMILES string of the molecule is O=C(c1cccc(-n2cnnn2)c1)N1CCC[C@@H]1c1nc2ccccc2[nH]1. The van der Waals surface area contributed by atoms with Crippen molar-refractivity contribution < 1.29 is 4.79 Å². The lowest BCUT2D eigenvalue weighted by Crippen LogP contribution is -2.31. The molecule has 0 unspecified atom stereocenters. The zero-order valence-corrected chi connectivity index (χ0v) is 14.5. The van der Waals surface area contributed by atoms with Gasteiger partial charge in [-0.1, -0.05) is 18.2 Å². The fourth-order valence-corrected chi connectivity index (χ4v) is 3.65. The normalized spacial score (nSPS) is 16.9. The Labute approximate surface area is 154 Å². The molecule has 27 heavy (non-hydrogen) atoms. The van der Waals surface area contributed by atoms with Gasteiger partial charge in [-0.25, -0.2) is 9.67 Å². The van der Waals surface area contributed by atoms with Crippen LogP contribution in [0.15, 0.2) is 54.9 Å². The van der Waals surface area contributed by atoms with Crippen LogP contribution in [0.4, 0.5) is 0 Å². The van der Waals surface area contributed by atoms with Crippen LogP contribution in [0.5, 0.6) is 0 Å². The standard InChI is InChI=1S/C19H17N7O/c27-19(13-5-3-6-14(11-13)26-12-20-23-24-26)25-10-4-9-17(25)18-21-15-7-1-2-8-16(15)22-18/h1-3,5-8,11-12,17H,4,9-10H2,(H,21,22)/t17-/m1/s1. The van der Waals surface area contributed by atoms with Crippen LogP contribution in [0.25, 0.3) is 16.7 Å². The van der Waals surface area contributed by atoms with Gasteiger partial charge in [0.2, 0.25) is 0 Å². The zero-order valence-electron chi connectivity index (χ0n) is 14.5. The number of amides is 1. The number of benzene rings is 2. The molecule has 0 radical (unpaired) electrons. The highest BCUT2D eigenvalue weighted by molar-refractivity contribution is 5.95. The molecule has 1 N–H and O–H groups in total. The highest BCUT2D eigenvalue weighted by atomic mass is 16.2. The molecule has 2 aromatic heterocycles. The molecule has 8 nitrogen and oxygen atoms in total. The van der Waals surface area contributed by atoms with E-state index in [-0.39, 0.29) is 11.9 Å². The van der Waals surface area contributed by atoms with Gasteiger partial charge in [-0.2, -0.15) is 0 Å². The van der Waals surface area contributed by atoms with Gasteiger partial charge in [-0.3, -0.25) is 4.79 Å². The van der Waals surface area contributed by atoms with Crippen LogP contribution in [0.2, 0.25) is 0 Å². The molecular weight excluding hydrogens is 342 g/mol. The summed E-state index contributed by atoms with van der Waals surface area (Å²) in [6.45, 7) is 0.718. The number of H-pyrrole nitrogens is 1. The summed E-state index contributed by atoms with van der Waals surface area (Å²) in [5.41, 5.74) is 3.29. The number of fused-ring (bicyclic) bond motifs is 1. The number of likely N-dealkylation sites (tertiary alicyclic amines) is 1. The van der Waals surface area contributed by atoms with Crippen LogP contribution in [0.1, 0.15) is 35.1 Å². The Morgan fingerprint density at radius 1 is 1.15 bits per heavy atom. The average Bonchev–Trinajstić information content (AvgIpc) is 3.47. The Morgan fingerprint density at radius 3 is 2.93 bits per heavy atom. The smallest absolute Gasteiger partial charge is 0.254 e. The summed E-state index contributed by atoms with van der Waals surface area (Å²) in [6, 6.07) is 15.2. The van der Waals surface area contributed by atoms with E-state index < -0.39 is 0 Å². The molecule has 1 fully saturated rings. The van der Waals surface area contributed by atoms with Crippen molar-refractivity contribution in [2.75, 3.05) is 6.54 Å². The molecule has 1 amide bonds. The minimum Gasteiger partial charge on any atom is -0.340 e. The number of tetrazole rings is 1.